The second-order valence-electron chi connectivity index (χ2n) is 4.87. The van der Waals surface area contributed by atoms with E-state index in [1.54, 1.807) is 18.2 Å². The highest BCUT2D eigenvalue weighted by Crippen LogP contribution is 2.22. The Morgan fingerprint density at radius 1 is 1.23 bits per heavy atom. The van der Waals surface area contributed by atoms with Crippen LogP contribution in [0, 0.1) is 11.3 Å². The predicted octanol–water partition coefficient (Wildman–Crippen LogP) is 2.39. The summed E-state index contributed by atoms with van der Waals surface area (Å²) >= 11 is 0. The number of H-pyrrole nitrogens is 1. The number of nitrogens with zero attached hydrogens (tertiary/aromatic N) is 2. The molecule has 0 atom stereocenters. The Kier molecular flexibility index (Phi) is 3.58. The van der Waals surface area contributed by atoms with E-state index in [1.807, 2.05) is 24.3 Å². The molecule has 0 bridgehead atoms. The number of nitrogens with one attached hydrogen (secondary N) is 1. The first-order chi connectivity index (χ1) is 10.7. The fraction of sp³-hybridized carbons (Fsp3) is 0.118. The first-order valence-corrected chi connectivity index (χ1v) is 6.76. The van der Waals surface area contributed by atoms with Gasteiger partial charge in [-0.05, 0) is 23.8 Å². The van der Waals surface area contributed by atoms with Gasteiger partial charge < -0.3 is 4.74 Å². The first kappa shape index (κ1) is 13.8. The average Bonchev–Trinajstić information content (AvgIpc) is 2.57. The second-order valence-corrected chi connectivity index (χ2v) is 4.87. The summed E-state index contributed by atoms with van der Waals surface area (Å²) < 4.78 is 5.14. The number of rotatable bonds is 3. The van der Waals surface area contributed by atoms with Gasteiger partial charge in [0, 0.05) is 11.8 Å². The Bertz CT molecular complexity index is 939. The molecular weight excluding hydrogens is 278 g/mol. The van der Waals surface area contributed by atoms with Crippen molar-refractivity contribution >= 4 is 10.8 Å². The summed E-state index contributed by atoms with van der Waals surface area (Å²) in [4.78, 5) is 11.8. The highest BCUT2D eigenvalue weighted by Gasteiger charge is 2.09. The van der Waals surface area contributed by atoms with Crippen LogP contribution in [0.5, 0.6) is 5.75 Å². The zero-order valence-electron chi connectivity index (χ0n) is 12.0. The van der Waals surface area contributed by atoms with Crippen LogP contribution < -0.4 is 10.3 Å². The van der Waals surface area contributed by atoms with E-state index in [-0.39, 0.29) is 5.56 Å². The SMILES string of the molecule is COc1ccc(Cc2n[nH]c(=O)c3ccccc23)cc1C#N. The molecule has 0 aliphatic heterocycles. The molecule has 0 fully saturated rings. The van der Waals surface area contributed by atoms with Gasteiger partial charge in [0.1, 0.15) is 11.8 Å². The van der Waals surface area contributed by atoms with Crippen molar-refractivity contribution in [2.45, 2.75) is 6.42 Å². The number of methoxy groups -OCH3 is 1. The molecule has 0 saturated heterocycles. The minimum Gasteiger partial charge on any atom is -0.495 e. The standard InChI is InChI=1S/C17H13N3O2/c1-22-16-7-6-11(8-12(16)10-18)9-15-13-4-2-3-5-14(13)17(21)20-19-15/h2-8H,9H2,1H3,(H,20,21). The molecule has 0 aliphatic rings. The summed E-state index contributed by atoms with van der Waals surface area (Å²) in [7, 11) is 1.53. The number of aromatic amines is 1. The number of benzene rings is 2. The van der Waals surface area contributed by atoms with Crippen LogP contribution in [0.4, 0.5) is 0 Å². The van der Waals surface area contributed by atoms with Crippen LogP contribution in [0.2, 0.25) is 0 Å². The maximum Gasteiger partial charge on any atom is 0.272 e. The normalized spacial score (nSPS) is 10.4. The lowest BCUT2D eigenvalue weighted by Crippen LogP contribution is -2.11. The molecule has 1 heterocycles. The maximum absolute atomic E-state index is 11.8. The van der Waals surface area contributed by atoms with Crippen LogP contribution in [0.25, 0.3) is 10.8 Å². The van der Waals surface area contributed by atoms with Crippen molar-refractivity contribution in [1.29, 1.82) is 5.26 Å². The Hall–Kier alpha value is -3.13. The largest absolute Gasteiger partial charge is 0.495 e. The number of nitriles is 1. The Labute approximate surface area is 126 Å². The monoisotopic (exact) mass is 291 g/mol. The van der Waals surface area contributed by atoms with E-state index in [2.05, 4.69) is 16.3 Å². The van der Waals surface area contributed by atoms with Crippen molar-refractivity contribution < 1.29 is 4.74 Å². The van der Waals surface area contributed by atoms with Crippen molar-refractivity contribution in [2.24, 2.45) is 0 Å². The number of aromatic nitrogens is 2. The van der Waals surface area contributed by atoms with Crippen molar-refractivity contribution in [3.8, 4) is 11.8 Å². The summed E-state index contributed by atoms with van der Waals surface area (Å²) in [6.45, 7) is 0. The first-order valence-electron chi connectivity index (χ1n) is 6.76. The molecule has 5 nitrogen and oxygen atoms in total. The molecule has 22 heavy (non-hydrogen) atoms. The molecule has 1 N–H and O–H groups in total. The zero-order valence-corrected chi connectivity index (χ0v) is 12.0. The van der Waals surface area contributed by atoms with Crippen LogP contribution in [0.15, 0.2) is 47.3 Å². The topological polar surface area (TPSA) is 78.8 Å². The third-order valence-electron chi connectivity index (χ3n) is 3.53. The minimum atomic E-state index is -0.202. The summed E-state index contributed by atoms with van der Waals surface area (Å²) in [5.41, 5.74) is 1.98. The molecule has 0 saturated carbocycles. The van der Waals surface area contributed by atoms with Crippen molar-refractivity contribution in [2.75, 3.05) is 7.11 Å². The van der Waals surface area contributed by atoms with Crippen LogP contribution in [-0.2, 0) is 6.42 Å². The van der Waals surface area contributed by atoms with Crippen LogP contribution in [-0.4, -0.2) is 17.3 Å². The van der Waals surface area contributed by atoms with Gasteiger partial charge in [-0.15, -0.1) is 0 Å². The van der Waals surface area contributed by atoms with E-state index in [0.717, 1.165) is 16.6 Å². The molecule has 1 aromatic heterocycles. The number of hydrogen-bond acceptors (Lipinski definition) is 4. The molecule has 3 rings (SSSR count). The number of hydrogen-bond donors (Lipinski definition) is 1. The Morgan fingerprint density at radius 2 is 2.00 bits per heavy atom. The highest BCUT2D eigenvalue weighted by atomic mass is 16.5. The van der Waals surface area contributed by atoms with Gasteiger partial charge in [0.15, 0.2) is 0 Å². The van der Waals surface area contributed by atoms with E-state index >= 15 is 0 Å². The van der Waals surface area contributed by atoms with Crippen LogP contribution in [0.3, 0.4) is 0 Å². The third-order valence-corrected chi connectivity index (χ3v) is 3.53. The molecule has 0 aliphatic carbocycles. The molecule has 5 heteroatoms. The van der Waals surface area contributed by atoms with E-state index < -0.39 is 0 Å². The highest BCUT2D eigenvalue weighted by molar-refractivity contribution is 5.83. The van der Waals surface area contributed by atoms with E-state index in [0.29, 0.717) is 23.1 Å². The Balaban J connectivity index is 2.06. The van der Waals surface area contributed by atoms with Gasteiger partial charge in [0.2, 0.25) is 0 Å². The van der Waals surface area contributed by atoms with Crippen molar-refractivity contribution in [3.63, 3.8) is 0 Å². The lowest BCUT2D eigenvalue weighted by atomic mass is 10.0. The predicted molar refractivity (Wildman–Crippen MR) is 82.9 cm³/mol. The van der Waals surface area contributed by atoms with Gasteiger partial charge in [-0.2, -0.15) is 10.4 Å². The Morgan fingerprint density at radius 3 is 2.73 bits per heavy atom. The van der Waals surface area contributed by atoms with Gasteiger partial charge in [-0.25, -0.2) is 5.10 Å². The summed E-state index contributed by atoms with van der Waals surface area (Å²) in [6, 6.07) is 14.9. The molecule has 0 unspecified atom stereocenters. The molecule has 0 amide bonds. The summed E-state index contributed by atoms with van der Waals surface area (Å²) in [5.74, 6) is 0.547. The van der Waals surface area contributed by atoms with Gasteiger partial charge in [-0.3, -0.25) is 4.79 Å². The van der Waals surface area contributed by atoms with E-state index in [9.17, 15) is 4.79 Å². The second kappa shape index (κ2) is 5.70. The summed E-state index contributed by atoms with van der Waals surface area (Å²) in [5, 5.41) is 17.3. The van der Waals surface area contributed by atoms with Gasteiger partial charge >= 0.3 is 0 Å². The van der Waals surface area contributed by atoms with E-state index in [4.69, 9.17) is 10.00 Å². The fourth-order valence-corrected chi connectivity index (χ4v) is 2.45. The zero-order chi connectivity index (χ0) is 15.5. The fourth-order valence-electron chi connectivity index (χ4n) is 2.45. The maximum atomic E-state index is 11.8. The molecule has 0 radical (unpaired) electrons. The smallest absolute Gasteiger partial charge is 0.272 e. The number of ether oxygens (including phenoxy) is 1. The van der Waals surface area contributed by atoms with Gasteiger partial charge in [-0.1, -0.05) is 24.3 Å². The molecule has 3 aromatic rings. The number of fused-ring (bicyclic) bond motifs is 1. The minimum absolute atomic E-state index is 0.202. The van der Waals surface area contributed by atoms with Crippen molar-refractivity contribution in [1.82, 2.24) is 10.2 Å². The van der Waals surface area contributed by atoms with E-state index in [1.165, 1.54) is 7.11 Å². The lowest BCUT2D eigenvalue weighted by Gasteiger charge is -2.07. The van der Waals surface area contributed by atoms with Crippen LogP contribution in [0.1, 0.15) is 16.8 Å². The molecule has 2 aromatic carbocycles. The molecule has 0 spiro atoms. The van der Waals surface area contributed by atoms with Gasteiger partial charge in [0.05, 0.1) is 23.8 Å². The van der Waals surface area contributed by atoms with Crippen molar-refractivity contribution in [3.05, 3.63) is 69.6 Å². The molecular formula is C17H13N3O2. The third kappa shape index (κ3) is 2.42. The van der Waals surface area contributed by atoms with Gasteiger partial charge in [0.25, 0.3) is 5.56 Å². The lowest BCUT2D eigenvalue weighted by molar-refractivity contribution is 0.413. The summed E-state index contributed by atoms with van der Waals surface area (Å²) in [6.07, 6.45) is 0.524. The quantitative estimate of drug-likeness (QED) is 0.803. The van der Waals surface area contributed by atoms with Crippen LogP contribution >= 0.6 is 0 Å². The molecule has 108 valence electrons. The average molecular weight is 291 g/mol.